The maximum atomic E-state index is 11.6. The van der Waals surface area contributed by atoms with Gasteiger partial charge in [-0.25, -0.2) is 0 Å². The number of nitrogens with zero attached hydrogens (tertiary/aromatic N) is 1. The van der Waals surface area contributed by atoms with Crippen molar-refractivity contribution in [2.45, 2.75) is 19.1 Å². The number of likely N-dealkylation sites (N-methyl/N-ethyl adjacent to an activating group) is 1. The van der Waals surface area contributed by atoms with Gasteiger partial charge in [0.1, 0.15) is 0 Å². The number of amides is 1. The Hall–Kier alpha value is 0.0700. The third kappa shape index (κ3) is 4.62. The van der Waals surface area contributed by atoms with Gasteiger partial charge in [-0.05, 0) is 13.0 Å². The van der Waals surface area contributed by atoms with Gasteiger partial charge >= 0.3 is 0 Å². The minimum absolute atomic E-state index is 0. The summed E-state index contributed by atoms with van der Waals surface area (Å²) in [6, 6.07) is 0. The molecule has 90 valence electrons. The molecule has 0 aliphatic carbocycles. The first-order valence-electron chi connectivity index (χ1n) is 5.19. The van der Waals surface area contributed by atoms with Gasteiger partial charge in [-0.2, -0.15) is 11.8 Å². The van der Waals surface area contributed by atoms with Crippen LogP contribution in [0.4, 0.5) is 0 Å². The molecule has 0 radical (unpaired) electrons. The van der Waals surface area contributed by atoms with E-state index in [9.17, 15) is 4.79 Å². The molecule has 1 atom stereocenters. The van der Waals surface area contributed by atoms with Crippen LogP contribution in [-0.2, 0) is 4.79 Å². The summed E-state index contributed by atoms with van der Waals surface area (Å²) in [6.07, 6.45) is 0. The topological polar surface area (TPSA) is 32.3 Å². The monoisotopic (exact) mass is 252 g/mol. The van der Waals surface area contributed by atoms with Gasteiger partial charge in [0.05, 0.1) is 6.54 Å². The highest BCUT2D eigenvalue weighted by Gasteiger charge is 2.25. The molecule has 1 N–H and O–H groups in total. The Morgan fingerprint density at radius 2 is 2.27 bits per heavy atom. The number of rotatable bonds is 3. The van der Waals surface area contributed by atoms with E-state index in [1.807, 2.05) is 23.7 Å². The lowest BCUT2D eigenvalue weighted by atomic mass is 10.1. The van der Waals surface area contributed by atoms with Crippen molar-refractivity contribution in [1.29, 1.82) is 0 Å². The van der Waals surface area contributed by atoms with Gasteiger partial charge in [-0.3, -0.25) is 4.79 Å². The second-order valence-corrected chi connectivity index (χ2v) is 5.37. The average Bonchev–Trinajstić information content (AvgIpc) is 2.18. The molecule has 1 aliphatic rings. The Kier molecular flexibility index (Phi) is 7.40. The summed E-state index contributed by atoms with van der Waals surface area (Å²) in [7, 11) is 1.82. The molecule has 1 fully saturated rings. The Balaban J connectivity index is 0.00000196. The van der Waals surface area contributed by atoms with E-state index in [2.05, 4.69) is 19.2 Å². The van der Waals surface area contributed by atoms with Crippen molar-refractivity contribution in [2.75, 3.05) is 32.4 Å². The molecule has 0 aromatic carbocycles. The smallest absolute Gasteiger partial charge is 0.236 e. The molecule has 5 heteroatoms. The number of hydrogen-bond acceptors (Lipinski definition) is 3. The number of carbonyl (C=O) groups excluding carboxylic acids is 1. The van der Waals surface area contributed by atoms with Crippen LogP contribution < -0.4 is 5.32 Å². The molecule has 1 saturated heterocycles. The third-order valence-electron chi connectivity index (χ3n) is 2.52. The molecule has 1 heterocycles. The number of thioether (sulfide) groups is 1. The van der Waals surface area contributed by atoms with Crippen molar-refractivity contribution < 1.29 is 4.79 Å². The molecule has 1 amide bonds. The molecule has 15 heavy (non-hydrogen) atoms. The van der Waals surface area contributed by atoms with Crippen LogP contribution in [0.15, 0.2) is 0 Å². The highest BCUT2D eigenvalue weighted by Crippen LogP contribution is 2.24. The summed E-state index contributed by atoms with van der Waals surface area (Å²) in [4.78, 5) is 13.6. The van der Waals surface area contributed by atoms with Crippen LogP contribution >= 0.6 is 24.2 Å². The van der Waals surface area contributed by atoms with E-state index in [-0.39, 0.29) is 18.3 Å². The van der Waals surface area contributed by atoms with Crippen LogP contribution in [0.1, 0.15) is 13.8 Å². The molecular formula is C10H21ClN2OS. The van der Waals surface area contributed by atoms with E-state index >= 15 is 0 Å². The predicted molar refractivity (Wildman–Crippen MR) is 68.8 cm³/mol. The Labute approximate surface area is 103 Å². The van der Waals surface area contributed by atoms with Gasteiger partial charge < -0.3 is 10.2 Å². The summed E-state index contributed by atoms with van der Waals surface area (Å²) < 4.78 is 0. The highest BCUT2D eigenvalue weighted by atomic mass is 35.5. The lowest BCUT2D eigenvalue weighted by Gasteiger charge is -2.34. The molecular weight excluding hydrogens is 232 g/mol. The van der Waals surface area contributed by atoms with Crippen LogP contribution in [0.2, 0.25) is 0 Å². The molecule has 1 aliphatic heterocycles. The van der Waals surface area contributed by atoms with E-state index in [4.69, 9.17) is 0 Å². The Morgan fingerprint density at radius 3 is 2.80 bits per heavy atom. The van der Waals surface area contributed by atoms with Crippen molar-refractivity contribution in [3.8, 4) is 0 Å². The first kappa shape index (κ1) is 15.1. The van der Waals surface area contributed by atoms with Crippen LogP contribution in [0, 0.1) is 5.92 Å². The number of carbonyl (C=O) groups is 1. The number of halogens is 1. The first-order valence-corrected chi connectivity index (χ1v) is 6.24. The highest BCUT2D eigenvalue weighted by molar-refractivity contribution is 8.00. The van der Waals surface area contributed by atoms with Crippen LogP contribution in [0.5, 0.6) is 0 Å². The zero-order valence-electron chi connectivity index (χ0n) is 9.66. The third-order valence-corrected chi connectivity index (χ3v) is 4.06. The predicted octanol–water partition coefficient (Wildman–Crippen LogP) is 1.23. The lowest BCUT2D eigenvalue weighted by Crippen LogP contribution is -2.46. The Morgan fingerprint density at radius 1 is 1.60 bits per heavy atom. The molecule has 1 unspecified atom stereocenters. The minimum Gasteiger partial charge on any atom is -0.340 e. The quantitative estimate of drug-likeness (QED) is 0.820. The molecule has 1 rings (SSSR count). The maximum absolute atomic E-state index is 11.6. The van der Waals surface area contributed by atoms with Crippen molar-refractivity contribution in [1.82, 2.24) is 10.2 Å². The van der Waals surface area contributed by atoms with Crippen molar-refractivity contribution in [2.24, 2.45) is 5.92 Å². The molecule has 0 aromatic heterocycles. The summed E-state index contributed by atoms with van der Waals surface area (Å²) in [6.45, 7) is 6.75. The molecule has 3 nitrogen and oxygen atoms in total. The summed E-state index contributed by atoms with van der Waals surface area (Å²) in [5.41, 5.74) is 0. The van der Waals surface area contributed by atoms with Crippen LogP contribution in [0.3, 0.4) is 0 Å². The minimum atomic E-state index is 0. The van der Waals surface area contributed by atoms with Gasteiger partial charge in [0.15, 0.2) is 0 Å². The molecule has 0 spiro atoms. The van der Waals surface area contributed by atoms with Crippen molar-refractivity contribution >= 4 is 30.1 Å². The normalized spacial score (nSPS) is 21.3. The van der Waals surface area contributed by atoms with E-state index < -0.39 is 0 Å². The molecule has 0 aromatic rings. The summed E-state index contributed by atoms with van der Waals surface area (Å²) in [5.74, 6) is 1.97. The SMILES string of the molecule is CNCC(=O)N1CCSC(C(C)C)C1.Cl. The van der Waals surface area contributed by atoms with Crippen molar-refractivity contribution in [3.05, 3.63) is 0 Å². The maximum Gasteiger partial charge on any atom is 0.236 e. The van der Waals surface area contributed by atoms with Crippen molar-refractivity contribution in [3.63, 3.8) is 0 Å². The van der Waals surface area contributed by atoms with E-state index in [1.54, 1.807) is 0 Å². The second kappa shape index (κ2) is 7.36. The van der Waals surface area contributed by atoms with Gasteiger partial charge in [-0.1, -0.05) is 13.8 Å². The lowest BCUT2D eigenvalue weighted by molar-refractivity contribution is -0.130. The zero-order chi connectivity index (χ0) is 10.6. The largest absolute Gasteiger partial charge is 0.340 e. The van der Waals surface area contributed by atoms with Gasteiger partial charge in [0.2, 0.25) is 5.91 Å². The van der Waals surface area contributed by atoms with Gasteiger partial charge in [0, 0.05) is 24.1 Å². The number of nitrogens with one attached hydrogen (secondary N) is 1. The van der Waals surface area contributed by atoms with Crippen LogP contribution in [-0.4, -0.2) is 48.5 Å². The molecule has 0 saturated carbocycles. The molecule has 0 bridgehead atoms. The van der Waals surface area contributed by atoms with Gasteiger partial charge in [0.25, 0.3) is 0 Å². The summed E-state index contributed by atoms with van der Waals surface area (Å²) >= 11 is 2.00. The fraction of sp³-hybridized carbons (Fsp3) is 0.900. The number of hydrogen-bond donors (Lipinski definition) is 1. The average molecular weight is 253 g/mol. The fourth-order valence-corrected chi connectivity index (χ4v) is 2.87. The zero-order valence-corrected chi connectivity index (χ0v) is 11.3. The first-order chi connectivity index (χ1) is 6.65. The van der Waals surface area contributed by atoms with E-state index in [0.717, 1.165) is 18.8 Å². The Bertz CT molecular complexity index is 202. The van der Waals surface area contributed by atoms with E-state index in [0.29, 0.717) is 17.7 Å². The fourth-order valence-electron chi connectivity index (χ4n) is 1.57. The van der Waals surface area contributed by atoms with Crippen LogP contribution in [0.25, 0.3) is 0 Å². The summed E-state index contributed by atoms with van der Waals surface area (Å²) in [5, 5.41) is 3.53. The van der Waals surface area contributed by atoms with E-state index in [1.165, 1.54) is 0 Å². The second-order valence-electron chi connectivity index (χ2n) is 4.02. The van der Waals surface area contributed by atoms with Gasteiger partial charge in [-0.15, -0.1) is 12.4 Å². The standard InChI is InChI=1S/C10H20N2OS.ClH/c1-8(2)9-7-12(4-5-14-9)10(13)6-11-3;/h8-9,11H,4-7H2,1-3H3;1H.